The fourth-order valence-corrected chi connectivity index (χ4v) is 2.23. The van der Waals surface area contributed by atoms with Crippen LogP contribution in [0.1, 0.15) is 31.6 Å². The van der Waals surface area contributed by atoms with Crippen LogP contribution < -0.4 is 0 Å². The first-order chi connectivity index (χ1) is 7.31. The fourth-order valence-electron chi connectivity index (χ4n) is 2.23. The zero-order chi connectivity index (χ0) is 10.7. The lowest BCUT2D eigenvalue weighted by molar-refractivity contribution is 0.0979. The maximum absolute atomic E-state index is 9.06. The standard InChI is InChI=1S/C12H19NO2/c1-10(12-3-2-8-15-12)13-6-4-11(9-14)5-7-13/h2-3,8,10-11,14H,4-7,9H2,1H3/t10-/m1/s1. The number of aliphatic hydroxyl groups excluding tert-OH is 1. The predicted octanol–water partition coefficient (Wildman–Crippen LogP) is 2.04. The number of piperidine rings is 1. The minimum Gasteiger partial charge on any atom is -0.468 e. The normalized spacial score (nSPS) is 21.7. The van der Waals surface area contributed by atoms with Gasteiger partial charge < -0.3 is 9.52 Å². The monoisotopic (exact) mass is 209 g/mol. The fraction of sp³-hybridized carbons (Fsp3) is 0.667. The summed E-state index contributed by atoms with van der Waals surface area (Å²) in [6.45, 7) is 4.64. The van der Waals surface area contributed by atoms with Crippen molar-refractivity contribution >= 4 is 0 Å². The third-order valence-electron chi connectivity index (χ3n) is 3.41. The van der Waals surface area contributed by atoms with Gasteiger partial charge in [0, 0.05) is 6.61 Å². The topological polar surface area (TPSA) is 36.6 Å². The Morgan fingerprint density at radius 2 is 2.27 bits per heavy atom. The van der Waals surface area contributed by atoms with Crippen LogP contribution in [0.4, 0.5) is 0 Å². The van der Waals surface area contributed by atoms with E-state index in [1.54, 1.807) is 6.26 Å². The van der Waals surface area contributed by atoms with Crippen LogP contribution in [0.15, 0.2) is 22.8 Å². The van der Waals surface area contributed by atoms with Gasteiger partial charge in [-0.2, -0.15) is 0 Å². The summed E-state index contributed by atoms with van der Waals surface area (Å²) in [6.07, 6.45) is 3.93. The summed E-state index contributed by atoms with van der Waals surface area (Å²) in [5, 5.41) is 9.06. The maximum atomic E-state index is 9.06. The van der Waals surface area contributed by atoms with Crippen molar-refractivity contribution in [2.45, 2.75) is 25.8 Å². The summed E-state index contributed by atoms with van der Waals surface area (Å²) in [7, 11) is 0. The molecule has 0 aromatic carbocycles. The largest absolute Gasteiger partial charge is 0.468 e. The van der Waals surface area contributed by atoms with E-state index in [4.69, 9.17) is 9.52 Å². The van der Waals surface area contributed by atoms with Crippen molar-refractivity contribution in [2.75, 3.05) is 19.7 Å². The van der Waals surface area contributed by atoms with Crippen LogP contribution in [-0.2, 0) is 0 Å². The van der Waals surface area contributed by atoms with Crippen molar-refractivity contribution in [1.82, 2.24) is 4.90 Å². The van der Waals surface area contributed by atoms with E-state index < -0.39 is 0 Å². The van der Waals surface area contributed by atoms with E-state index in [1.165, 1.54) is 0 Å². The van der Waals surface area contributed by atoms with Crippen LogP contribution in [0.3, 0.4) is 0 Å². The Hall–Kier alpha value is -0.800. The average molecular weight is 209 g/mol. The van der Waals surface area contributed by atoms with E-state index in [9.17, 15) is 0 Å². The minimum atomic E-state index is 0.336. The number of likely N-dealkylation sites (tertiary alicyclic amines) is 1. The van der Waals surface area contributed by atoms with Crippen LogP contribution >= 0.6 is 0 Å². The van der Waals surface area contributed by atoms with Crippen molar-refractivity contribution in [3.8, 4) is 0 Å². The minimum absolute atomic E-state index is 0.336. The predicted molar refractivity (Wildman–Crippen MR) is 58.5 cm³/mol. The molecule has 0 radical (unpaired) electrons. The van der Waals surface area contributed by atoms with Crippen molar-refractivity contribution in [2.24, 2.45) is 5.92 Å². The molecule has 2 heterocycles. The molecule has 0 bridgehead atoms. The molecule has 3 nitrogen and oxygen atoms in total. The SMILES string of the molecule is C[C@H](c1ccco1)N1CCC(CO)CC1. The van der Waals surface area contributed by atoms with Gasteiger partial charge in [0.15, 0.2) is 0 Å². The summed E-state index contributed by atoms with van der Waals surface area (Å²) in [5.74, 6) is 1.54. The Balaban J connectivity index is 1.90. The molecule has 1 N–H and O–H groups in total. The molecule has 1 fully saturated rings. The van der Waals surface area contributed by atoms with Crippen LogP contribution in [0.2, 0.25) is 0 Å². The molecule has 3 heteroatoms. The average Bonchev–Trinajstić information content (AvgIpc) is 2.82. The van der Waals surface area contributed by atoms with Gasteiger partial charge in [-0.15, -0.1) is 0 Å². The zero-order valence-corrected chi connectivity index (χ0v) is 9.22. The van der Waals surface area contributed by atoms with Gasteiger partial charge >= 0.3 is 0 Å². The van der Waals surface area contributed by atoms with E-state index in [2.05, 4.69) is 11.8 Å². The second kappa shape index (κ2) is 4.81. The van der Waals surface area contributed by atoms with Crippen molar-refractivity contribution in [3.63, 3.8) is 0 Å². The van der Waals surface area contributed by atoms with Gasteiger partial charge in [-0.05, 0) is 50.9 Å². The summed E-state index contributed by atoms with van der Waals surface area (Å²) >= 11 is 0. The number of aliphatic hydroxyl groups is 1. The molecular formula is C12H19NO2. The van der Waals surface area contributed by atoms with Gasteiger partial charge in [0.1, 0.15) is 5.76 Å². The first-order valence-electron chi connectivity index (χ1n) is 5.69. The van der Waals surface area contributed by atoms with Gasteiger partial charge in [-0.25, -0.2) is 0 Å². The summed E-state index contributed by atoms with van der Waals surface area (Å²) in [5.41, 5.74) is 0. The Kier molecular flexibility index (Phi) is 3.44. The quantitative estimate of drug-likeness (QED) is 0.827. The van der Waals surface area contributed by atoms with Gasteiger partial charge in [0.2, 0.25) is 0 Å². The molecule has 0 unspecified atom stereocenters. The highest BCUT2D eigenvalue weighted by atomic mass is 16.3. The van der Waals surface area contributed by atoms with Crippen molar-refractivity contribution < 1.29 is 9.52 Å². The first kappa shape index (κ1) is 10.7. The highest BCUT2D eigenvalue weighted by Gasteiger charge is 2.24. The molecule has 2 rings (SSSR count). The number of furan rings is 1. The molecule has 1 aliphatic heterocycles. The number of hydrogen-bond acceptors (Lipinski definition) is 3. The molecule has 0 spiro atoms. The van der Waals surface area contributed by atoms with E-state index in [-0.39, 0.29) is 0 Å². The number of hydrogen-bond donors (Lipinski definition) is 1. The maximum Gasteiger partial charge on any atom is 0.120 e. The zero-order valence-electron chi connectivity index (χ0n) is 9.22. The highest BCUT2D eigenvalue weighted by Crippen LogP contribution is 2.26. The molecule has 1 aliphatic rings. The third-order valence-corrected chi connectivity index (χ3v) is 3.41. The van der Waals surface area contributed by atoms with E-state index in [0.717, 1.165) is 31.7 Å². The molecule has 15 heavy (non-hydrogen) atoms. The van der Waals surface area contributed by atoms with E-state index in [0.29, 0.717) is 18.6 Å². The number of nitrogens with zero attached hydrogens (tertiary/aromatic N) is 1. The molecule has 1 aromatic rings. The Labute approximate surface area is 90.7 Å². The third kappa shape index (κ3) is 2.41. The molecule has 0 saturated carbocycles. The van der Waals surface area contributed by atoms with Gasteiger partial charge in [-0.1, -0.05) is 0 Å². The second-order valence-electron chi connectivity index (χ2n) is 4.35. The Bertz CT molecular complexity index is 276. The van der Waals surface area contributed by atoms with Crippen LogP contribution in [-0.4, -0.2) is 29.7 Å². The van der Waals surface area contributed by atoms with Gasteiger partial charge in [-0.3, -0.25) is 4.90 Å². The van der Waals surface area contributed by atoms with Crippen LogP contribution in [0.25, 0.3) is 0 Å². The lowest BCUT2D eigenvalue weighted by Crippen LogP contribution is -2.36. The molecule has 1 saturated heterocycles. The number of rotatable bonds is 3. The summed E-state index contributed by atoms with van der Waals surface area (Å²) in [4.78, 5) is 2.42. The lowest BCUT2D eigenvalue weighted by atomic mass is 9.96. The van der Waals surface area contributed by atoms with Crippen molar-refractivity contribution in [3.05, 3.63) is 24.2 Å². The summed E-state index contributed by atoms with van der Waals surface area (Å²) in [6, 6.07) is 4.33. The van der Waals surface area contributed by atoms with Crippen LogP contribution in [0, 0.1) is 5.92 Å². The second-order valence-corrected chi connectivity index (χ2v) is 4.35. The molecule has 1 atom stereocenters. The van der Waals surface area contributed by atoms with Crippen LogP contribution in [0.5, 0.6) is 0 Å². The molecule has 0 amide bonds. The first-order valence-corrected chi connectivity index (χ1v) is 5.69. The lowest BCUT2D eigenvalue weighted by Gasteiger charge is -2.34. The smallest absolute Gasteiger partial charge is 0.120 e. The van der Waals surface area contributed by atoms with E-state index >= 15 is 0 Å². The Morgan fingerprint density at radius 1 is 1.53 bits per heavy atom. The molecule has 84 valence electrons. The molecule has 0 aliphatic carbocycles. The van der Waals surface area contributed by atoms with Crippen molar-refractivity contribution in [1.29, 1.82) is 0 Å². The summed E-state index contributed by atoms with van der Waals surface area (Å²) < 4.78 is 5.41. The van der Waals surface area contributed by atoms with E-state index in [1.807, 2.05) is 12.1 Å². The Morgan fingerprint density at radius 3 is 2.80 bits per heavy atom. The van der Waals surface area contributed by atoms with Gasteiger partial charge in [0.25, 0.3) is 0 Å². The molecule has 1 aromatic heterocycles. The molecular weight excluding hydrogens is 190 g/mol. The van der Waals surface area contributed by atoms with Gasteiger partial charge in [0.05, 0.1) is 12.3 Å². The highest BCUT2D eigenvalue weighted by molar-refractivity contribution is 5.03.